The first-order valence-corrected chi connectivity index (χ1v) is 47.5. The molecule has 4 heterocycles. The lowest BCUT2D eigenvalue weighted by Gasteiger charge is -2.00. The third-order valence-corrected chi connectivity index (χ3v) is 9.49. The number of nitrogens with zero attached hydrogens (tertiary/aromatic N) is 4. The van der Waals surface area contributed by atoms with E-state index in [1.165, 1.54) is 19.3 Å². The first-order valence-electron chi connectivity index (χ1n) is 39.2. The quantitative estimate of drug-likeness (QED) is 0.0955. The number of carbonyl (C=O) groups excluding carboxylic acids is 2. The Labute approximate surface area is 711 Å². The number of carboxylic acids is 2. The van der Waals surface area contributed by atoms with Crippen molar-refractivity contribution in [3.05, 3.63) is 141 Å². The molecule has 0 saturated heterocycles. The Balaban J connectivity index is -0.0000000454. The Morgan fingerprint density at radius 2 is 0.495 bits per heavy atom. The van der Waals surface area contributed by atoms with E-state index < -0.39 is 42.0 Å². The molecule has 0 amide bonds. The van der Waals surface area contributed by atoms with Gasteiger partial charge >= 0.3 is 11.9 Å². The molecule has 0 aliphatic heterocycles. The first kappa shape index (κ1) is 158. The number of sulfonamides is 3. The number of aliphatic carboxylic acids is 2. The van der Waals surface area contributed by atoms with Crippen molar-refractivity contribution < 1.29 is 54.6 Å². The fourth-order valence-electron chi connectivity index (χ4n) is 5.65. The molecule has 0 bridgehead atoms. The Morgan fingerprint density at radius 1 is 0.324 bits per heavy atom. The number of rotatable bonds is 4. The molecule has 26 heteroatoms. The van der Waals surface area contributed by atoms with Gasteiger partial charge in [-0.15, -0.1) is 0 Å². The molecule has 111 heavy (non-hydrogen) atoms. The zero-order chi connectivity index (χ0) is 91.9. The number of nitrogens with two attached hydrogens (primary N) is 3. The number of fused-ring (bicyclic) bond motifs is 4. The molecule has 4 aromatic carbocycles. The van der Waals surface area contributed by atoms with Gasteiger partial charge in [-0.3, -0.25) is 28.3 Å². The predicted octanol–water partition coefficient (Wildman–Crippen LogP) is 28.5. The number of benzene rings is 4. The molecule has 11 N–H and O–H groups in total. The lowest BCUT2D eigenvalue weighted by Crippen LogP contribution is -2.07. The number of hydrogen-bond donors (Lipinski definition) is 6. The predicted molar refractivity (Wildman–Crippen MR) is 517 cm³/mol. The summed E-state index contributed by atoms with van der Waals surface area (Å²) in [4.78, 5) is 43.3. The van der Waals surface area contributed by atoms with Gasteiger partial charge in [-0.05, 0) is 90.3 Å². The van der Waals surface area contributed by atoms with Gasteiger partial charge in [-0.2, -0.15) is 0 Å². The van der Waals surface area contributed by atoms with E-state index in [4.69, 9.17) is 10.2 Å². The third-order valence-electron chi connectivity index (χ3n) is 8.01. The van der Waals surface area contributed by atoms with E-state index in [-0.39, 0.29) is 38.5 Å². The Bertz CT molecular complexity index is 3270. The Kier molecular flexibility index (Phi) is 174. The molecular weight excluding hydrogens is 1660 g/mol. The maximum atomic E-state index is 11.2. The van der Waals surface area contributed by atoms with Crippen molar-refractivity contribution in [2.24, 2.45) is 15.4 Å². The lowest BCUT2D eigenvalue weighted by molar-refractivity contribution is -0.138. The van der Waals surface area contributed by atoms with Gasteiger partial charge < -0.3 is 25.5 Å². The van der Waals surface area contributed by atoms with Crippen molar-refractivity contribution in [1.29, 1.82) is 0 Å². The molecule has 20 nitrogen and oxygen atoms in total. The molecule has 0 atom stereocenters. The molecule has 0 fully saturated rings. The average Bonchev–Trinajstić information content (AvgIpc) is 1.71. The number of primary sulfonamides is 3. The summed E-state index contributed by atoms with van der Waals surface area (Å²) < 4.78 is 66.2. The van der Waals surface area contributed by atoms with Crippen LogP contribution in [0.2, 0.25) is 0 Å². The highest BCUT2D eigenvalue weighted by Gasteiger charge is 2.07. The lowest BCUT2D eigenvalue weighted by atomic mass is 10.2. The standard InChI is InChI=1S/C10H8BrNO2.2C10H8BrNO.C10H9NO2.3C3H8.16C2H6.3CH5NO2S.CH4.H3N/c11-8-1-2-9-7(5-8)3-4-12(9)6-10(13)14;2*1-7(13)12-5-4-8-6-9(11)2-3-10(8)12;12-10(13)7-11-6-5-8-3-1-2-4-9(8)11;3*1-3-2;16*1-2;3*1-5(2,3)4;;/h1-5H,6H2,(H,13,14);2*2-6H,1H3;1-6H,7H2,(H,12,13);3*3H2,1-2H3;16*1-2H3;3*1H3,(H2,2,3,4);1H4;1H3. The van der Waals surface area contributed by atoms with Gasteiger partial charge in [0, 0.05) is 79.2 Å². The topological polar surface area (TPSA) is 344 Å². The average molecular weight is 1840 g/mol. The highest BCUT2D eigenvalue weighted by molar-refractivity contribution is 9.11. The first-order chi connectivity index (χ1) is 51.5. The molecule has 666 valence electrons. The van der Waals surface area contributed by atoms with Crippen molar-refractivity contribution in [2.45, 2.75) is 317 Å². The number of carboxylic acid groups (broad SMARTS) is 2. The maximum Gasteiger partial charge on any atom is 0.323 e. The molecule has 0 radical (unpaired) electrons. The highest BCUT2D eigenvalue weighted by Crippen LogP contribution is 2.23. The van der Waals surface area contributed by atoms with Gasteiger partial charge in [0.05, 0.1) is 29.8 Å². The van der Waals surface area contributed by atoms with E-state index in [0.29, 0.717) is 0 Å². The summed E-state index contributed by atoms with van der Waals surface area (Å²) in [6.07, 6.45) is 13.7. The van der Waals surface area contributed by atoms with Crippen LogP contribution in [0, 0.1) is 0 Å². The Morgan fingerprint density at radius 3 is 0.703 bits per heavy atom. The number of para-hydroxylation sites is 1. The van der Waals surface area contributed by atoms with Gasteiger partial charge in [0.15, 0.2) is 0 Å². The number of carbonyl (C=O) groups is 4. The fraction of sp³-hybridized carbons (Fsp3) is 0.576. The van der Waals surface area contributed by atoms with Crippen LogP contribution >= 0.6 is 47.8 Å². The second kappa shape index (κ2) is 123. The van der Waals surface area contributed by atoms with Crippen molar-refractivity contribution in [3.63, 3.8) is 0 Å². The van der Waals surface area contributed by atoms with E-state index in [9.17, 15) is 44.4 Å². The largest absolute Gasteiger partial charge is 0.480 e. The monoisotopic (exact) mass is 1830 g/mol. The zero-order valence-corrected chi connectivity index (χ0v) is 84.9. The van der Waals surface area contributed by atoms with Gasteiger partial charge in [0.2, 0.25) is 41.9 Å². The molecule has 4 aromatic heterocycles. The molecule has 0 aliphatic carbocycles. The van der Waals surface area contributed by atoms with E-state index in [1.807, 2.05) is 325 Å². The fourth-order valence-corrected chi connectivity index (χ4v) is 6.79. The summed E-state index contributed by atoms with van der Waals surface area (Å²) in [7, 11) is -9.50. The van der Waals surface area contributed by atoms with Crippen LogP contribution in [-0.2, 0) is 52.7 Å². The minimum Gasteiger partial charge on any atom is -0.480 e. The van der Waals surface area contributed by atoms with E-state index in [2.05, 4.69) is 105 Å². The minimum atomic E-state index is -3.17. The van der Waals surface area contributed by atoms with Crippen LogP contribution in [0.5, 0.6) is 0 Å². The minimum absolute atomic E-state index is 0. The Hall–Kier alpha value is -5.55. The van der Waals surface area contributed by atoms with E-state index >= 15 is 0 Å². The van der Waals surface area contributed by atoms with Crippen molar-refractivity contribution in [1.82, 2.24) is 24.4 Å². The summed E-state index contributed by atoms with van der Waals surface area (Å²) in [5, 5.41) is 34.5. The number of hydrogen-bond acceptors (Lipinski definition) is 11. The summed E-state index contributed by atoms with van der Waals surface area (Å²) >= 11 is 10.1. The smallest absolute Gasteiger partial charge is 0.323 e. The van der Waals surface area contributed by atoms with Crippen LogP contribution < -0.4 is 21.6 Å². The molecule has 8 aromatic rings. The van der Waals surface area contributed by atoms with Crippen LogP contribution in [-0.4, -0.2) is 96.3 Å². The van der Waals surface area contributed by atoms with Crippen molar-refractivity contribution in [2.75, 3.05) is 18.8 Å². The van der Waals surface area contributed by atoms with Crippen LogP contribution in [0.1, 0.15) is 313 Å². The van der Waals surface area contributed by atoms with Gasteiger partial charge in [0.25, 0.3) is 0 Å². The number of halogens is 3. The van der Waals surface area contributed by atoms with Gasteiger partial charge in [-0.1, -0.05) is 356 Å². The van der Waals surface area contributed by atoms with E-state index in [1.54, 1.807) is 56.9 Å². The summed E-state index contributed by atoms with van der Waals surface area (Å²) in [6, 6.07) is 32.9. The third kappa shape index (κ3) is 118. The molecule has 0 aliphatic rings. The van der Waals surface area contributed by atoms with Gasteiger partial charge in [0.1, 0.15) is 13.1 Å². The molecule has 0 spiro atoms. The van der Waals surface area contributed by atoms with Crippen molar-refractivity contribution in [3.8, 4) is 0 Å². The second-order valence-corrected chi connectivity index (χ2v) is 24.1. The maximum absolute atomic E-state index is 11.2. The van der Waals surface area contributed by atoms with Crippen LogP contribution in [0.3, 0.4) is 0 Å². The molecule has 0 saturated carbocycles. The van der Waals surface area contributed by atoms with E-state index in [0.717, 1.165) is 75.8 Å². The van der Waals surface area contributed by atoms with Crippen molar-refractivity contribution >= 4 is 145 Å². The second-order valence-electron chi connectivity index (χ2n) is 16.4. The van der Waals surface area contributed by atoms with Crippen LogP contribution in [0.4, 0.5) is 0 Å². The highest BCUT2D eigenvalue weighted by atomic mass is 79.9. The molecule has 8 rings (SSSR count). The SMILES string of the molecule is C.CC.CC.CC.CC.CC.CC.CC.CC.CC.CC.CC.CC.CC.CC.CC.CC.CC(=O)n1ccc2cc(Br)ccc21.CC(=O)n1ccc2cc(Br)ccc21.CCC.CCC.CCC.CS(N)(=O)=O.CS(N)(=O)=O.CS(N)(=O)=O.N.O=C(O)Cn1ccc2cc(Br)ccc21.O=C(O)Cn1ccc2ccccc21. The van der Waals surface area contributed by atoms with Crippen LogP contribution in [0.25, 0.3) is 43.6 Å². The summed E-state index contributed by atoms with van der Waals surface area (Å²) in [6.45, 7) is 79.9. The summed E-state index contributed by atoms with van der Waals surface area (Å²) in [5.74, 6) is -1.57. The van der Waals surface area contributed by atoms with Crippen LogP contribution in [0.15, 0.2) is 141 Å². The zero-order valence-electron chi connectivity index (χ0n) is 77.7. The summed E-state index contributed by atoms with van der Waals surface area (Å²) in [5.41, 5.74) is 3.81. The number of aromatic nitrogens is 4. The molecular formula is C85H175Br3N8O12S3. The van der Waals surface area contributed by atoms with Gasteiger partial charge in [-0.25, -0.2) is 40.7 Å². The molecule has 0 unspecified atom stereocenters. The normalized spacial score (nSPS) is 7.97.